The van der Waals surface area contributed by atoms with Gasteiger partial charge < -0.3 is 5.73 Å². The Morgan fingerprint density at radius 1 is 1.24 bits per heavy atom. The molecular weight excluding hydrogens is 214 g/mol. The molecule has 0 spiro atoms. The largest absolute Gasteiger partial charge is 0.324 e. The van der Waals surface area contributed by atoms with E-state index < -0.39 is 0 Å². The molecule has 0 saturated heterocycles. The smallest absolute Gasteiger partial charge is 0.274 e. The Hall–Kier alpha value is -1.55. The monoisotopic (exact) mass is 233 g/mol. The number of nitrogens with two attached hydrogens (primary N) is 1. The molecule has 0 aliphatic heterocycles. The lowest BCUT2D eigenvalue weighted by Crippen LogP contribution is -2.23. The summed E-state index contributed by atoms with van der Waals surface area (Å²) >= 11 is 0. The Kier molecular flexibility index (Phi) is 2.83. The summed E-state index contributed by atoms with van der Waals surface area (Å²) in [5.74, 6) is 0. The fraction of sp³-hybridized carbons (Fsp3) is 0.462. The van der Waals surface area contributed by atoms with Gasteiger partial charge in [0.15, 0.2) is 0 Å². The number of aromatic nitrogens is 2. The second-order valence-corrected chi connectivity index (χ2v) is 4.80. The van der Waals surface area contributed by atoms with E-state index in [0.717, 1.165) is 16.5 Å². The van der Waals surface area contributed by atoms with Gasteiger partial charge in [-0.3, -0.25) is 9.48 Å². The number of nitrogens with zero attached hydrogens (tertiary/aromatic N) is 2. The predicted molar refractivity (Wildman–Crippen MR) is 70.2 cm³/mol. The van der Waals surface area contributed by atoms with Gasteiger partial charge in [-0.05, 0) is 32.4 Å². The van der Waals surface area contributed by atoms with Gasteiger partial charge in [0.1, 0.15) is 0 Å². The molecule has 0 bridgehead atoms. The summed E-state index contributed by atoms with van der Waals surface area (Å²) in [6, 6.07) is 5.81. The quantitative estimate of drug-likeness (QED) is 0.861. The molecule has 2 aromatic rings. The Balaban J connectivity index is 2.93. The van der Waals surface area contributed by atoms with Crippen LogP contribution in [0.5, 0.6) is 0 Å². The van der Waals surface area contributed by atoms with Crippen molar-refractivity contribution in [3.05, 3.63) is 34.1 Å². The van der Waals surface area contributed by atoms with Gasteiger partial charge in [-0.1, -0.05) is 12.1 Å². The van der Waals surface area contributed by atoms with Crippen LogP contribution in [0.25, 0.3) is 10.9 Å². The van der Waals surface area contributed by atoms with E-state index in [2.05, 4.69) is 0 Å². The first kappa shape index (κ1) is 11.9. The first-order chi connectivity index (χ1) is 7.95. The minimum absolute atomic E-state index is 0.0556. The summed E-state index contributed by atoms with van der Waals surface area (Å²) in [6.07, 6.45) is 0. The van der Waals surface area contributed by atoms with Crippen LogP contribution in [0.4, 0.5) is 0 Å². The van der Waals surface area contributed by atoms with Crippen molar-refractivity contribution in [1.29, 1.82) is 0 Å². The molecule has 2 rings (SSSR count). The lowest BCUT2D eigenvalue weighted by molar-refractivity contribution is 0.446. The highest BCUT2D eigenvalue weighted by molar-refractivity contribution is 5.82. The van der Waals surface area contributed by atoms with Gasteiger partial charge in [-0.25, -0.2) is 4.68 Å². The first-order valence-electron chi connectivity index (χ1n) is 5.90. The third kappa shape index (κ3) is 1.69. The molecule has 0 saturated carbocycles. The SMILES string of the molecule is CC(N)c1cccc2c(=O)n(C(C)C)n(C)c12. The molecular formula is C13H19N3O. The highest BCUT2D eigenvalue weighted by Gasteiger charge is 2.16. The average molecular weight is 233 g/mol. The number of hydrogen-bond donors (Lipinski definition) is 1. The van der Waals surface area contributed by atoms with Crippen molar-refractivity contribution in [3.8, 4) is 0 Å². The number of aryl methyl sites for hydroxylation is 1. The minimum Gasteiger partial charge on any atom is -0.324 e. The van der Waals surface area contributed by atoms with Crippen LogP contribution in [0, 0.1) is 0 Å². The summed E-state index contributed by atoms with van der Waals surface area (Å²) in [4.78, 5) is 12.3. The number of para-hydroxylation sites is 1. The maximum atomic E-state index is 12.3. The third-order valence-electron chi connectivity index (χ3n) is 3.13. The number of rotatable bonds is 2. The minimum atomic E-state index is -0.0766. The van der Waals surface area contributed by atoms with Crippen LogP contribution >= 0.6 is 0 Å². The molecule has 4 nitrogen and oxygen atoms in total. The Morgan fingerprint density at radius 2 is 1.88 bits per heavy atom. The van der Waals surface area contributed by atoms with Gasteiger partial charge in [-0.2, -0.15) is 0 Å². The molecule has 4 heteroatoms. The topological polar surface area (TPSA) is 53.0 Å². The van der Waals surface area contributed by atoms with Crippen LogP contribution in [0.3, 0.4) is 0 Å². The Bertz CT molecular complexity index is 605. The molecule has 0 aliphatic carbocycles. The van der Waals surface area contributed by atoms with Crippen molar-refractivity contribution < 1.29 is 0 Å². The first-order valence-corrected chi connectivity index (χ1v) is 5.90. The van der Waals surface area contributed by atoms with Crippen LogP contribution in [0.1, 0.15) is 38.4 Å². The molecule has 1 aromatic heterocycles. The summed E-state index contributed by atoms with van der Waals surface area (Å²) < 4.78 is 3.68. The van der Waals surface area contributed by atoms with Gasteiger partial charge >= 0.3 is 0 Å². The van der Waals surface area contributed by atoms with Gasteiger partial charge in [0.2, 0.25) is 0 Å². The fourth-order valence-electron chi connectivity index (χ4n) is 2.41. The highest BCUT2D eigenvalue weighted by Crippen LogP contribution is 2.22. The van der Waals surface area contributed by atoms with Gasteiger partial charge in [0.05, 0.1) is 10.9 Å². The van der Waals surface area contributed by atoms with E-state index >= 15 is 0 Å². The number of hydrogen-bond acceptors (Lipinski definition) is 2. The van der Waals surface area contributed by atoms with E-state index in [4.69, 9.17) is 5.73 Å². The zero-order valence-corrected chi connectivity index (χ0v) is 10.8. The lowest BCUT2D eigenvalue weighted by Gasteiger charge is -2.13. The van der Waals surface area contributed by atoms with Crippen LogP contribution < -0.4 is 11.3 Å². The average Bonchev–Trinajstić information content (AvgIpc) is 2.51. The lowest BCUT2D eigenvalue weighted by atomic mass is 10.1. The second-order valence-electron chi connectivity index (χ2n) is 4.80. The second kappa shape index (κ2) is 4.04. The Morgan fingerprint density at radius 3 is 2.41 bits per heavy atom. The molecule has 0 radical (unpaired) electrons. The molecule has 17 heavy (non-hydrogen) atoms. The van der Waals surface area contributed by atoms with Crippen LogP contribution in [0.2, 0.25) is 0 Å². The molecule has 2 N–H and O–H groups in total. The summed E-state index contributed by atoms with van der Waals surface area (Å²) in [7, 11) is 1.91. The third-order valence-corrected chi connectivity index (χ3v) is 3.13. The van der Waals surface area contributed by atoms with Crippen molar-refractivity contribution in [2.24, 2.45) is 12.8 Å². The zero-order chi connectivity index (χ0) is 12.7. The van der Waals surface area contributed by atoms with E-state index in [1.54, 1.807) is 4.68 Å². The highest BCUT2D eigenvalue weighted by atomic mass is 16.1. The van der Waals surface area contributed by atoms with Crippen molar-refractivity contribution in [2.75, 3.05) is 0 Å². The number of benzene rings is 1. The van der Waals surface area contributed by atoms with Crippen LogP contribution in [-0.2, 0) is 7.05 Å². The van der Waals surface area contributed by atoms with E-state index in [1.807, 2.05) is 50.7 Å². The summed E-state index contributed by atoms with van der Waals surface area (Å²) in [5, 5.41) is 0.746. The normalized spacial score (nSPS) is 13.5. The van der Waals surface area contributed by atoms with Crippen molar-refractivity contribution in [1.82, 2.24) is 9.36 Å². The predicted octanol–water partition coefficient (Wildman–Crippen LogP) is 1.94. The van der Waals surface area contributed by atoms with Gasteiger partial charge in [-0.15, -0.1) is 0 Å². The van der Waals surface area contributed by atoms with Crippen molar-refractivity contribution in [3.63, 3.8) is 0 Å². The summed E-state index contributed by atoms with van der Waals surface area (Å²) in [5.41, 5.74) is 7.98. The van der Waals surface area contributed by atoms with E-state index in [-0.39, 0.29) is 17.6 Å². The van der Waals surface area contributed by atoms with Crippen LogP contribution in [0.15, 0.2) is 23.0 Å². The van der Waals surface area contributed by atoms with Gasteiger partial charge in [0.25, 0.3) is 5.56 Å². The van der Waals surface area contributed by atoms with E-state index in [1.165, 1.54) is 0 Å². The molecule has 0 amide bonds. The molecule has 1 atom stereocenters. The molecule has 92 valence electrons. The Labute approximate surface area is 101 Å². The van der Waals surface area contributed by atoms with E-state index in [9.17, 15) is 4.79 Å². The molecule has 0 aliphatic rings. The number of fused-ring (bicyclic) bond motifs is 1. The fourth-order valence-corrected chi connectivity index (χ4v) is 2.41. The van der Waals surface area contributed by atoms with E-state index in [0.29, 0.717) is 0 Å². The van der Waals surface area contributed by atoms with Crippen LogP contribution in [-0.4, -0.2) is 9.36 Å². The molecule has 1 unspecified atom stereocenters. The molecule has 0 fully saturated rings. The zero-order valence-electron chi connectivity index (χ0n) is 10.8. The maximum absolute atomic E-state index is 12.3. The molecule has 1 heterocycles. The van der Waals surface area contributed by atoms with Crippen molar-refractivity contribution >= 4 is 10.9 Å². The standard InChI is InChI=1S/C13H19N3O/c1-8(2)16-13(17)11-7-5-6-10(9(3)14)12(11)15(16)4/h5-9H,14H2,1-4H3. The molecule has 1 aromatic carbocycles. The van der Waals surface area contributed by atoms with Crippen molar-refractivity contribution in [2.45, 2.75) is 32.9 Å². The maximum Gasteiger partial charge on any atom is 0.274 e. The summed E-state index contributed by atoms with van der Waals surface area (Å²) in [6.45, 7) is 5.95. The van der Waals surface area contributed by atoms with Gasteiger partial charge in [0, 0.05) is 19.1 Å².